The minimum atomic E-state index is -0.222. The summed E-state index contributed by atoms with van der Waals surface area (Å²) in [5.74, 6) is 0.961. The Morgan fingerprint density at radius 1 is 1.15 bits per heavy atom. The van der Waals surface area contributed by atoms with Crippen LogP contribution in [0.15, 0.2) is 29.3 Å². The molecule has 0 fully saturated rings. The Labute approximate surface area is 157 Å². The predicted octanol–water partition coefficient (Wildman–Crippen LogP) is 2.78. The van der Waals surface area contributed by atoms with Crippen molar-refractivity contribution in [1.29, 1.82) is 0 Å². The SMILES string of the molecule is CCCC(CCO)CN=C(NCC)NCC(c1ccc(F)cc1)N(C)C. The Bertz CT molecular complexity index is 513. The molecular weight excluding hydrogens is 331 g/mol. The average Bonchev–Trinajstić information content (AvgIpc) is 2.61. The van der Waals surface area contributed by atoms with Gasteiger partial charge in [-0.05, 0) is 57.5 Å². The number of rotatable bonds is 11. The van der Waals surface area contributed by atoms with E-state index in [2.05, 4.69) is 22.5 Å². The average molecular weight is 367 g/mol. The van der Waals surface area contributed by atoms with Crippen molar-refractivity contribution in [1.82, 2.24) is 15.5 Å². The molecule has 0 aliphatic rings. The van der Waals surface area contributed by atoms with Gasteiger partial charge in [0, 0.05) is 26.2 Å². The highest BCUT2D eigenvalue weighted by Crippen LogP contribution is 2.17. The molecule has 6 heteroatoms. The van der Waals surface area contributed by atoms with Gasteiger partial charge < -0.3 is 20.6 Å². The van der Waals surface area contributed by atoms with E-state index in [1.807, 2.05) is 33.2 Å². The minimum absolute atomic E-state index is 0.114. The van der Waals surface area contributed by atoms with E-state index in [1.54, 1.807) is 0 Å². The Balaban J connectivity index is 2.74. The van der Waals surface area contributed by atoms with Crippen molar-refractivity contribution in [2.75, 3.05) is 40.3 Å². The largest absolute Gasteiger partial charge is 0.396 e. The molecule has 0 aliphatic carbocycles. The van der Waals surface area contributed by atoms with Gasteiger partial charge >= 0.3 is 0 Å². The number of aliphatic hydroxyl groups excluding tert-OH is 1. The van der Waals surface area contributed by atoms with Crippen LogP contribution >= 0.6 is 0 Å². The van der Waals surface area contributed by atoms with Crippen molar-refractivity contribution in [3.8, 4) is 0 Å². The zero-order chi connectivity index (χ0) is 19.4. The van der Waals surface area contributed by atoms with Crippen LogP contribution in [0.3, 0.4) is 0 Å². The highest BCUT2D eigenvalue weighted by Gasteiger charge is 2.15. The lowest BCUT2D eigenvalue weighted by Crippen LogP contribution is -2.42. The molecular formula is C20H35FN4O. The molecule has 2 unspecified atom stereocenters. The summed E-state index contributed by atoms with van der Waals surface area (Å²) in [7, 11) is 4.02. The molecule has 26 heavy (non-hydrogen) atoms. The maximum atomic E-state index is 13.2. The monoisotopic (exact) mass is 366 g/mol. The maximum absolute atomic E-state index is 13.2. The smallest absolute Gasteiger partial charge is 0.191 e. The molecule has 0 saturated heterocycles. The second kappa shape index (κ2) is 12.7. The minimum Gasteiger partial charge on any atom is -0.396 e. The van der Waals surface area contributed by atoms with Crippen LogP contribution in [-0.2, 0) is 0 Å². The summed E-state index contributed by atoms with van der Waals surface area (Å²) in [5.41, 5.74) is 1.06. The molecule has 148 valence electrons. The molecule has 0 amide bonds. The van der Waals surface area contributed by atoms with Gasteiger partial charge in [-0.15, -0.1) is 0 Å². The van der Waals surface area contributed by atoms with E-state index in [0.717, 1.165) is 37.3 Å². The Hall–Kier alpha value is -1.66. The third-order valence-electron chi connectivity index (χ3n) is 4.43. The molecule has 3 N–H and O–H groups in total. The number of likely N-dealkylation sites (N-methyl/N-ethyl adjacent to an activating group) is 1. The zero-order valence-electron chi connectivity index (χ0n) is 16.6. The molecule has 0 radical (unpaired) electrons. The van der Waals surface area contributed by atoms with Crippen LogP contribution in [0.1, 0.15) is 44.7 Å². The maximum Gasteiger partial charge on any atom is 0.191 e. The lowest BCUT2D eigenvalue weighted by molar-refractivity contribution is 0.253. The molecule has 0 heterocycles. The van der Waals surface area contributed by atoms with Crippen LogP contribution < -0.4 is 10.6 Å². The van der Waals surface area contributed by atoms with Gasteiger partial charge in [0.1, 0.15) is 5.82 Å². The first-order valence-electron chi connectivity index (χ1n) is 9.56. The van der Waals surface area contributed by atoms with Crippen molar-refractivity contribution < 1.29 is 9.50 Å². The van der Waals surface area contributed by atoms with Crippen molar-refractivity contribution >= 4 is 5.96 Å². The van der Waals surface area contributed by atoms with Crippen LogP contribution in [0.2, 0.25) is 0 Å². The van der Waals surface area contributed by atoms with Crippen molar-refractivity contribution in [2.24, 2.45) is 10.9 Å². The van der Waals surface area contributed by atoms with E-state index in [9.17, 15) is 9.50 Å². The van der Waals surface area contributed by atoms with E-state index in [4.69, 9.17) is 4.99 Å². The topological polar surface area (TPSA) is 59.9 Å². The Morgan fingerprint density at radius 2 is 1.85 bits per heavy atom. The van der Waals surface area contributed by atoms with Crippen molar-refractivity contribution in [2.45, 2.75) is 39.2 Å². The van der Waals surface area contributed by atoms with E-state index >= 15 is 0 Å². The van der Waals surface area contributed by atoms with E-state index in [1.165, 1.54) is 12.1 Å². The van der Waals surface area contributed by atoms with Gasteiger partial charge in [0.05, 0.1) is 6.04 Å². The normalized spacial score (nSPS) is 14.3. The lowest BCUT2D eigenvalue weighted by Gasteiger charge is -2.26. The lowest BCUT2D eigenvalue weighted by atomic mass is 10.0. The predicted molar refractivity (Wildman–Crippen MR) is 107 cm³/mol. The number of halogens is 1. The first kappa shape index (κ1) is 22.4. The number of hydrogen-bond acceptors (Lipinski definition) is 3. The number of guanidine groups is 1. The number of nitrogens with zero attached hydrogens (tertiary/aromatic N) is 2. The fourth-order valence-electron chi connectivity index (χ4n) is 2.96. The van der Waals surface area contributed by atoms with Crippen molar-refractivity contribution in [3.05, 3.63) is 35.6 Å². The fourth-order valence-corrected chi connectivity index (χ4v) is 2.96. The Morgan fingerprint density at radius 3 is 2.38 bits per heavy atom. The van der Waals surface area contributed by atoms with Crippen LogP contribution in [-0.4, -0.2) is 56.3 Å². The Kier molecular flexibility index (Phi) is 10.9. The highest BCUT2D eigenvalue weighted by molar-refractivity contribution is 5.79. The first-order chi connectivity index (χ1) is 12.5. The van der Waals surface area contributed by atoms with Gasteiger partial charge in [-0.2, -0.15) is 0 Å². The highest BCUT2D eigenvalue weighted by atomic mass is 19.1. The number of hydrogen-bond donors (Lipinski definition) is 3. The summed E-state index contributed by atoms with van der Waals surface area (Å²) in [5, 5.41) is 15.9. The molecule has 0 spiro atoms. The number of benzene rings is 1. The van der Waals surface area contributed by atoms with Crippen molar-refractivity contribution in [3.63, 3.8) is 0 Å². The van der Waals surface area contributed by atoms with E-state index in [0.29, 0.717) is 19.0 Å². The number of nitrogens with one attached hydrogen (secondary N) is 2. The molecule has 0 bridgehead atoms. The van der Waals surface area contributed by atoms with E-state index < -0.39 is 0 Å². The molecule has 1 rings (SSSR count). The van der Waals surface area contributed by atoms with Crippen LogP contribution in [0, 0.1) is 11.7 Å². The summed E-state index contributed by atoms with van der Waals surface area (Å²) in [4.78, 5) is 6.80. The molecule has 0 saturated carbocycles. The first-order valence-corrected chi connectivity index (χ1v) is 9.56. The van der Waals surface area contributed by atoms with Crippen LogP contribution in [0.4, 0.5) is 4.39 Å². The fraction of sp³-hybridized carbons (Fsp3) is 0.650. The van der Waals surface area contributed by atoms with Gasteiger partial charge in [-0.3, -0.25) is 4.99 Å². The van der Waals surface area contributed by atoms with Gasteiger partial charge in [-0.1, -0.05) is 25.5 Å². The summed E-state index contributed by atoms with van der Waals surface area (Å²) < 4.78 is 13.2. The van der Waals surface area contributed by atoms with Gasteiger partial charge in [0.2, 0.25) is 0 Å². The van der Waals surface area contributed by atoms with Crippen LogP contribution in [0.25, 0.3) is 0 Å². The summed E-state index contributed by atoms with van der Waals surface area (Å²) >= 11 is 0. The third-order valence-corrected chi connectivity index (χ3v) is 4.43. The zero-order valence-corrected chi connectivity index (χ0v) is 16.6. The quantitative estimate of drug-likeness (QED) is 0.416. The second-order valence-corrected chi connectivity index (χ2v) is 6.80. The summed E-state index contributed by atoms with van der Waals surface area (Å²) in [6.07, 6.45) is 2.95. The third kappa shape index (κ3) is 8.15. The standard InChI is InChI=1S/C20H35FN4O/c1-5-7-16(12-13-26)14-23-20(22-6-2)24-15-19(25(3)4)17-8-10-18(21)11-9-17/h8-11,16,19,26H,5-7,12-15H2,1-4H3,(H2,22,23,24). The van der Waals surface area contributed by atoms with E-state index in [-0.39, 0.29) is 18.5 Å². The molecule has 0 aliphatic heterocycles. The molecule has 1 aromatic carbocycles. The number of aliphatic imine (C=N–C) groups is 1. The summed E-state index contributed by atoms with van der Waals surface area (Å²) in [6, 6.07) is 6.75. The second-order valence-electron chi connectivity index (χ2n) is 6.80. The van der Waals surface area contributed by atoms with Gasteiger partial charge in [0.15, 0.2) is 5.96 Å². The van der Waals surface area contributed by atoms with Gasteiger partial charge in [-0.25, -0.2) is 4.39 Å². The number of aliphatic hydroxyl groups is 1. The molecule has 2 atom stereocenters. The van der Waals surface area contributed by atoms with Gasteiger partial charge in [0.25, 0.3) is 0 Å². The molecule has 5 nitrogen and oxygen atoms in total. The summed E-state index contributed by atoms with van der Waals surface area (Å²) in [6.45, 7) is 6.56. The molecule has 1 aromatic rings. The molecule has 0 aromatic heterocycles. The van der Waals surface area contributed by atoms with Crippen LogP contribution in [0.5, 0.6) is 0 Å².